The third-order valence-corrected chi connectivity index (χ3v) is 4.61. The van der Waals surface area contributed by atoms with Gasteiger partial charge in [0.2, 0.25) is 0 Å². The Balaban J connectivity index is 1.72. The van der Waals surface area contributed by atoms with E-state index in [-0.39, 0.29) is 25.0 Å². The van der Waals surface area contributed by atoms with Crippen LogP contribution >= 0.6 is 15.9 Å². The number of amides is 2. The summed E-state index contributed by atoms with van der Waals surface area (Å²) in [6.07, 6.45) is 1.10. The number of piperidine rings is 1. The van der Waals surface area contributed by atoms with Crippen LogP contribution in [0.5, 0.6) is 0 Å². The molecule has 1 fully saturated rings. The first-order valence-electron chi connectivity index (χ1n) is 8.32. The van der Waals surface area contributed by atoms with Crippen molar-refractivity contribution in [2.45, 2.75) is 20.3 Å². The molecule has 136 valence electrons. The molecule has 6 nitrogen and oxygen atoms in total. The van der Waals surface area contributed by atoms with Crippen LogP contribution < -0.4 is 5.32 Å². The molecule has 2 amide bonds. The molecule has 1 N–H and O–H groups in total. The molecule has 0 bridgehead atoms. The van der Waals surface area contributed by atoms with E-state index in [1.807, 2.05) is 0 Å². The molecule has 1 aliphatic heterocycles. The highest BCUT2D eigenvalue weighted by molar-refractivity contribution is 9.10. The van der Waals surface area contributed by atoms with E-state index in [4.69, 9.17) is 4.74 Å². The van der Waals surface area contributed by atoms with Gasteiger partial charge in [-0.3, -0.25) is 14.4 Å². The SMILES string of the molecule is C[C@@H]1C[C@@H](C)CN(C(=O)COC(=O)CNC(=O)c2ccc(Br)cc2)C1. The molecule has 1 aromatic carbocycles. The normalized spacial score (nSPS) is 20.0. The lowest BCUT2D eigenvalue weighted by Gasteiger charge is -2.34. The van der Waals surface area contributed by atoms with Crippen molar-refractivity contribution in [3.8, 4) is 0 Å². The molecule has 0 aliphatic carbocycles. The summed E-state index contributed by atoms with van der Waals surface area (Å²) in [4.78, 5) is 37.5. The molecule has 7 heteroatoms. The van der Waals surface area contributed by atoms with E-state index in [0.29, 0.717) is 30.5 Å². The molecule has 0 aromatic heterocycles. The van der Waals surface area contributed by atoms with Gasteiger partial charge in [0.05, 0.1) is 0 Å². The van der Waals surface area contributed by atoms with E-state index < -0.39 is 5.97 Å². The van der Waals surface area contributed by atoms with E-state index in [9.17, 15) is 14.4 Å². The molecular formula is C18H23BrN2O4. The van der Waals surface area contributed by atoms with Gasteiger partial charge < -0.3 is 15.0 Å². The summed E-state index contributed by atoms with van der Waals surface area (Å²) in [7, 11) is 0. The highest BCUT2D eigenvalue weighted by Gasteiger charge is 2.25. The average molecular weight is 411 g/mol. The smallest absolute Gasteiger partial charge is 0.325 e. The Bertz CT molecular complexity index is 622. The topological polar surface area (TPSA) is 75.7 Å². The standard InChI is InChI=1S/C18H23BrN2O4/c1-12-7-13(2)10-21(9-12)16(22)11-25-17(23)8-20-18(24)14-3-5-15(19)6-4-14/h3-6,12-13H,7-11H2,1-2H3,(H,20,24)/t12-,13-/m1/s1. The minimum Gasteiger partial charge on any atom is -0.454 e. The highest BCUT2D eigenvalue weighted by Crippen LogP contribution is 2.20. The zero-order chi connectivity index (χ0) is 18.4. The summed E-state index contributed by atoms with van der Waals surface area (Å²) in [6.45, 7) is 5.06. The first-order chi connectivity index (χ1) is 11.8. The lowest BCUT2D eigenvalue weighted by Crippen LogP contribution is -2.44. The summed E-state index contributed by atoms with van der Waals surface area (Å²) >= 11 is 3.29. The van der Waals surface area contributed by atoms with Gasteiger partial charge in [-0.05, 0) is 42.5 Å². The highest BCUT2D eigenvalue weighted by atomic mass is 79.9. The van der Waals surface area contributed by atoms with Crippen LogP contribution in [-0.4, -0.2) is 48.9 Å². The maximum atomic E-state index is 12.1. The van der Waals surface area contributed by atoms with Crippen LogP contribution in [0.4, 0.5) is 0 Å². The number of esters is 1. The molecule has 2 atom stereocenters. The van der Waals surface area contributed by atoms with Crippen molar-refractivity contribution < 1.29 is 19.1 Å². The van der Waals surface area contributed by atoms with Crippen LogP contribution in [0.3, 0.4) is 0 Å². The Kier molecular flexibility index (Phi) is 6.99. The van der Waals surface area contributed by atoms with Crippen LogP contribution in [0.1, 0.15) is 30.6 Å². The molecule has 0 spiro atoms. The van der Waals surface area contributed by atoms with Crippen LogP contribution in [0.15, 0.2) is 28.7 Å². The van der Waals surface area contributed by atoms with E-state index in [2.05, 4.69) is 35.1 Å². The van der Waals surface area contributed by atoms with Crippen molar-refractivity contribution in [2.75, 3.05) is 26.2 Å². The zero-order valence-electron chi connectivity index (χ0n) is 14.5. The monoisotopic (exact) mass is 410 g/mol. The maximum Gasteiger partial charge on any atom is 0.325 e. The summed E-state index contributed by atoms with van der Waals surface area (Å²) in [5, 5.41) is 2.48. The Morgan fingerprint density at radius 1 is 1.16 bits per heavy atom. The number of nitrogens with one attached hydrogen (secondary N) is 1. The van der Waals surface area contributed by atoms with Gasteiger partial charge in [0.25, 0.3) is 11.8 Å². The third kappa shape index (κ3) is 6.16. The fraction of sp³-hybridized carbons (Fsp3) is 0.500. The Hall–Kier alpha value is -1.89. The molecule has 25 heavy (non-hydrogen) atoms. The molecule has 0 radical (unpaired) electrons. The summed E-state index contributed by atoms with van der Waals surface area (Å²) in [5.41, 5.74) is 0.448. The van der Waals surface area contributed by atoms with Crippen molar-refractivity contribution in [3.63, 3.8) is 0 Å². The molecule has 0 saturated carbocycles. The van der Waals surface area contributed by atoms with Crippen LogP contribution in [0, 0.1) is 11.8 Å². The molecule has 1 heterocycles. The largest absolute Gasteiger partial charge is 0.454 e. The number of rotatable bonds is 5. The first kappa shape index (κ1) is 19.4. The van der Waals surface area contributed by atoms with Gasteiger partial charge in [-0.15, -0.1) is 0 Å². The van der Waals surface area contributed by atoms with Crippen LogP contribution in [-0.2, 0) is 14.3 Å². The second-order valence-electron chi connectivity index (χ2n) is 6.60. The number of hydrogen-bond acceptors (Lipinski definition) is 4. The number of likely N-dealkylation sites (tertiary alicyclic amines) is 1. The summed E-state index contributed by atoms with van der Waals surface area (Å²) in [5.74, 6) is -0.278. The second kappa shape index (κ2) is 8.99. The van der Waals surface area contributed by atoms with Gasteiger partial charge in [-0.1, -0.05) is 29.8 Å². The minimum atomic E-state index is -0.628. The third-order valence-electron chi connectivity index (χ3n) is 4.08. The Labute approximate surface area is 156 Å². The predicted octanol–water partition coefficient (Wildman–Crippen LogP) is 2.23. The fourth-order valence-corrected chi connectivity index (χ4v) is 3.27. The summed E-state index contributed by atoms with van der Waals surface area (Å²) in [6, 6.07) is 6.78. The molecule has 2 rings (SSSR count). The quantitative estimate of drug-likeness (QED) is 0.755. The van der Waals surface area contributed by atoms with E-state index in [0.717, 1.165) is 10.9 Å². The van der Waals surface area contributed by atoms with E-state index >= 15 is 0 Å². The number of ether oxygens (including phenoxy) is 1. The van der Waals surface area contributed by atoms with Crippen molar-refractivity contribution in [2.24, 2.45) is 11.8 Å². The van der Waals surface area contributed by atoms with Gasteiger partial charge in [-0.2, -0.15) is 0 Å². The molecular weight excluding hydrogens is 388 g/mol. The van der Waals surface area contributed by atoms with Gasteiger partial charge in [0.1, 0.15) is 6.54 Å². The number of benzene rings is 1. The molecule has 1 aromatic rings. The van der Waals surface area contributed by atoms with Crippen LogP contribution in [0.2, 0.25) is 0 Å². The second-order valence-corrected chi connectivity index (χ2v) is 7.51. The van der Waals surface area contributed by atoms with Gasteiger partial charge in [-0.25, -0.2) is 0 Å². The van der Waals surface area contributed by atoms with Crippen LogP contribution in [0.25, 0.3) is 0 Å². The number of nitrogens with zero attached hydrogens (tertiary/aromatic N) is 1. The van der Waals surface area contributed by atoms with Crippen molar-refractivity contribution in [3.05, 3.63) is 34.3 Å². The van der Waals surface area contributed by atoms with Crippen molar-refractivity contribution >= 4 is 33.7 Å². The number of hydrogen-bond donors (Lipinski definition) is 1. The van der Waals surface area contributed by atoms with Crippen molar-refractivity contribution in [1.29, 1.82) is 0 Å². The van der Waals surface area contributed by atoms with Gasteiger partial charge >= 0.3 is 5.97 Å². The summed E-state index contributed by atoms with van der Waals surface area (Å²) < 4.78 is 5.84. The number of carbonyl (C=O) groups excluding carboxylic acids is 3. The van der Waals surface area contributed by atoms with Gasteiger partial charge in [0.15, 0.2) is 6.61 Å². The van der Waals surface area contributed by atoms with Crippen molar-refractivity contribution in [1.82, 2.24) is 10.2 Å². The lowest BCUT2D eigenvalue weighted by atomic mass is 9.92. The molecule has 1 saturated heterocycles. The Morgan fingerprint density at radius 3 is 2.36 bits per heavy atom. The zero-order valence-corrected chi connectivity index (χ0v) is 16.0. The van der Waals surface area contributed by atoms with Gasteiger partial charge in [0, 0.05) is 23.1 Å². The predicted molar refractivity (Wildman–Crippen MR) is 97.0 cm³/mol. The lowest BCUT2D eigenvalue weighted by molar-refractivity contribution is -0.152. The Morgan fingerprint density at radius 2 is 1.76 bits per heavy atom. The average Bonchev–Trinajstić information content (AvgIpc) is 2.57. The minimum absolute atomic E-state index is 0.189. The maximum absolute atomic E-state index is 12.1. The first-order valence-corrected chi connectivity index (χ1v) is 9.11. The number of carbonyl (C=O) groups is 3. The van der Waals surface area contributed by atoms with E-state index in [1.165, 1.54) is 0 Å². The molecule has 1 aliphatic rings. The molecule has 0 unspecified atom stereocenters. The van der Waals surface area contributed by atoms with E-state index in [1.54, 1.807) is 29.2 Å². The fourth-order valence-electron chi connectivity index (χ4n) is 3.01. The number of halogens is 1.